The molecule has 4 N–H and O–H groups in total. The first-order valence-electron chi connectivity index (χ1n) is 16.1. The van der Waals surface area contributed by atoms with Crippen molar-refractivity contribution in [3.63, 3.8) is 0 Å². The van der Waals surface area contributed by atoms with Crippen molar-refractivity contribution < 1.29 is 24.2 Å². The van der Waals surface area contributed by atoms with E-state index in [2.05, 4.69) is 49.6 Å². The number of aliphatic hydroxyl groups excluding tert-OH is 1. The molecule has 0 spiro atoms. The average Bonchev–Trinajstić information content (AvgIpc) is 3.65. The summed E-state index contributed by atoms with van der Waals surface area (Å²) in [5.74, 6) is 1.03. The number of anilines is 2. The van der Waals surface area contributed by atoms with Crippen LogP contribution in [-0.2, 0) is 16.0 Å². The molecule has 0 aliphatic carbocycles. The van der Waals surface area contributed by atoms with Crippen molar-refractivity contribution in [1.29, 1.82) is 0 Å². The lowest BCUT2D eigenvalue weighted by Gasteiger charge is -2.36. The Kier molecular flexibility index (Phi) is 10.3. The van der Waals surface area contributed by atoms with E-state index in [0.717, 1.165) is 37.1 Å². The van der Waals surface area contributed by atoms with E-state index >= 15 is 0 Å². The summed E-state index contributed by atoms with van der Waals surface area (Å²) >= 11 is 0. The van der Waals surface area contributed by atoms with E-state index < -0.39 is 8.07 Å². The molecule has 3 aromatic carbocycles. The first kappa shape index (κ1) is 32.7. The molecule has 2 amide bonds. The van der Waals surface area contributed by atoms with Gasteiger partial charge in [0, 0.05) is 23.5 Å². The molecular formula is C36H47N3O5Si. The maximum atomic E-state index is 13.6. The Labute approximate surface area is 267 Å². The zero-order chi connectivity index (χ0) is 32.1. The van der Waals surface area contributed by atoms with Crippen molar-refractivity contribution in [2.45, 2.75) is 75.9 Å². The van der Waals surface area contributed by atoms with Gasteiger partial charge >= 0.3 is 0 Å². The van der Waals surface area contributed by atoms with E-state index in [-0.39, 0.29) is 48.1 Å². The van der Waals surface area contributed by atoms with Gasteiger partial charge in [-0.2, -0.15) is 0 Å². The fraction of sp³-hybridized carbons (Fsp3) is 0.444. The standard InChI is InChI=1S/C36H47N3O5Si/c1-24-32(20-9-25-7-14-28(15-8-25)38-36(42)26-10-12-27(37)13-11-26)44-33(22-34(41)39-21-5-6-29(39)23-40)35(24)45(3,4)31-18-16-30(43-2)17-19-31/h7-8,10-19,24,29,32-33,35,40H,5-6,9,20-23,37H2,1-4H3,(H,38,42)/t24-,29+,32+,33-,35+/m1/s1. The number of aryl methyl sites for hydroxylation is 1. The van der Waals surface area contributed by atoms with Crippen LogP contribution in [0.25, 0.3) is 0 Å². The van der Waals surface area contributed by atoms with Gasteiger partial charge in [-0.25, -0.2) is 0 Å². The van der Waals surface area contributed by atoms with E-state index in [4.69, 9.17) is 15.2 Å². The number of nitrogen functional groups attached to an aromatic ring is 1. The second kappa shape index (κ2) is 14.2. The molecular weight excluding hydrogens is 582 g/mol. The summed E-state index contributed by atoms with van der Waals surface area (Å²) in [4.78, 5) is 28.0. The number of hydrogen-bond donors (Lipinski definition) is 3. The summed E-state index contributed by atoms with van der Waals surface area (Å²) in [5, 5.41) is 14.1. The minimum atomic E-state index is -2.09. The zero-order valence-corrected chi connectivity index (χ0v) is 27.9. The number of likely N-dealkylation sites (tertiary alicyclic amines) is 1. The molecule has 5 atom stereocenters. The highest BCUT2D eigenvalue weighted by Gasteiger charge is 2.51. The second-order valence-electron chi connectivity index (χ2n) is 13.1. The monoisotopic (exact) mass is 629 g/mol. The highest BCUT2D eigenvalue weighted by Crippen LogP contribution is 2.46. The third-order valence-electron chi connectivity index (χ3n) is 9.96. The van der Waals surface area contributed by atoms with E-state index in [9.17, 15) is 14.7 Å². The summed E-state index contributed by atoms with van der Waals surface area (Å²) in [7, 11) is -0.412. The minimum Gasteiger partial charge on any atom is -0.497 e. The Morgan fingerprint density at radius 2 is 1.71 bits per heavy atom. The van der Waals surface area contributed by atoms with Gasteiger partial charge in [-0.3, -0.25) is 9.59 Å². The molecule has 0 saturated carbocycles. The number of methoxy groups -OCH3 is 1. The largest absolute Gasteiger partial charge is 0.497 e. The Morgan fingerprint density at radius 1 is 1.02 bits per heavy atom. The van der Waals surface area contributed by atoms with E-state index in [1.165, 1.54) is 10.8 Å². The molecule has 8 nitrogen and oxygen atoms in total. The number of nitrogens with two attached hydrogens (primary N) is 1. The second-order valence-corrected chi connectivity index (χ2v) is 17.8. The molecule has 2 saturated heterocycles. The molecule has 45 heavy (non-hydrogen) atoms. The fourth-order valence-corrected chi connectivity index (χ4v) is 11.5. The van der Waals surface area contributed by atoms with Crippen LogP contribution in [0.5, 0.6) is 5.75 Å². The summed E-state index contributed by atoms with van der Waals surface area (Å²) in [6, 6.07) is 23.2. The number of benzene rings is 3. The topological polar surface area (TPSA) is 114 Å². The lowest BCUT2D eigenvalue weighted by Crippen LogP contribution is -2.51. The van der Waals surface area contributed by atoms with Crippen LogP contribution in [0.2, 0.25) is 18.6 Å². The van der Waals surface area contributed by atoms with Crippen LogP contribution in [0, 0.1) is 5.92 Å². The van der Waals surface area contributed by atoms with Gasteiger partial charge in [-0.15, -0.1) is 0 Å². The molecule has 2 aliphatic heterocycles. The average molecular weight is 630 g/mol. The number of ether oxygens (including phenoxy) is 2. The number of nitrogens with zero attached hydrogens (tertiary/aromatic N) is 1. The number of carbonyl (C=O) groups is 2. The summed E-state index contributed by atoms with van der Waals surface area (Å²) in [6.45, 7) is 7.79. The number of nitrogens with one attached hydrogen (secondary N) is 1. The molecule has 0 radical (unpaired) electrons. The third kappa shape index (κ3) is 7.43. The Balaban J connectivity index is 1.28. The summed E-state index contributed by atoms with van der Waals surface area (Å²) in [5.41, 5.74) is 9.07. The number of rotatable bonds is 11. The Hall–Kier alpha value is -3.66. The predicted octanol–water partition coefficient (Wildman–Crippen LogP) is 5.23. The van der Waals surface area contributed by atoms with Crippen LogP contribution in [0.3, 0.4) is 0 Å². The minimum absolute atomic E-state index is 0.00959. The van der Waals surface area contributed by atoms with Crippen LogP contribution >= 0.6 is 0 Å². The molecule has 2 fully saturated rings. The lowest BCUT2D eigenvalue weighted by molar-refractivity contribution is -0.135. The first-order valence-corrected chi connectivity index (χ1v) is 19.1. The molecule has 3 aromatic rings. The van der Waals surface area contributed by atoms with Gasteiger partial charge in [0.2, 0.25) is 5.91 Å². The Morgan fingerprint density at radius 3 is 2.36 bits per heavy atom. The predicted molar refractivity (Wildman–Crippen MR) is 182 cm³/mol. The van der Waals surface area contributed by atoms with Gasteiger partial charge in [-0.05, 0) is 91.2 Å². The van der Waals surface area contributed by atoms with Gasteiger partial charge in [-0.1, -0.05) is 49.5 Å². The van der Waals surface area contributed by atoms with E-state index in [1.807, 2.05) is 29.2 Å². The van der Waals surface area contributed by atoms with Crippen LogP contribution < -0.4 is 21.0 Å². The van der Waals surface area contributed by atoms with Gasteiger partial charge in [0.15, 0.2) is 0 Å². The molecule has 5 rings (SSSR count). The van der Waals surface area contributed by atoms with Crippen molar-refractivity contribution in [2.75, 3.05) is 31.3 Å². The van der Waals surface area contributed by atoms with E-state index in [0.29, 0.717) is 24.2 Å². The van der Waals surface area contributed by atoms with Crippen LogP contribution in [0.1, 0.15) is 48.5 Å². The quantitative estimate of drug-likeness (QED) is 0.198. The molecule has 0 unspecified atom stereocenters. The van der Waals surface area contributed by atoms with Gasteiger partial charge in [0.25, 0.3) is 5.91 Å². The molecule has 240 valence electrons. The highest BCUT2D eigenvalue weighted by atomic mass is 28.3. The van der Waals surface area contributed by atoms with Crippen molar-refractivity contribution in [2.24, 2.45) is 5.92 Å². The SMILES string of the molecule is COc1ccc([Si](C)(C)[C@H]2[C@H](C)[C@H](CCc3ccc(NC(=O)c4ccc(N)cc4)cc3)O[C@@H]2CC(=O)N2CCC[C@H]2CO)cc1. The van der Waals surface area contributed by atoms with Crippen LogP contribution in [0.4, 0.5) is 11.4 Å². The van der Waals surface area contributed by atoms with Crippen molar-refractivity contribution in [3.8, 4) is 5.75 Å². The number of carbonyl (C=O) groups excluding carboxylic acids is 2. The molecule has 9 heteroatoms. The van der Waals surface area contributed by atoms with Crippen LogP contribution in [0.15, 0.2) is 72.8 Å². The van der Waals surface area contributed by atoms with Crippen molar-refractivity contribution in [1.82, 2.24) is 4.90 Å². The fourth-order valence-electron chi connectivity index (χ4n) is 7.39. The maximum Gasteiger partial charge on any atom is 0.255 e. The molecule has 2 heterocycles. The summed E-state index contributed by atoms with van der Waals surface area (Å²) < 4.78 is 12.2. The number of amides is 2. The third-order valence-corrected chi connectivity index (χ3v) is 14.3. The van der Waals surface area contributed by atoms with Crippen molar-refractivity contribution in [3.05, 3.63) is 83.9 Å². The summed E-state index contributed by atoms with van der Waals surface area (Å²) in [6.07, 6.45) is 3.65. The zero-order valence-electron chi connectivity index (χ0n) is 26.9. The molecule has 2 aliphatic rings. The normalized spacial score (nSPS) is 23.2. The number of aliphatic hydroxyl groups is 1. The first-order chi connectivity index (χ1) is 21.6. The Bertz CT molecular complexity index is 1450. The number of hydrogen-bond acceptors (Lipinski definition) is 6. The van der Waals surface area contributed by atoms with E-state index in [1.54, 1.807) is 31.4 Å². The highest BCUT2D eigenvalue weighted by molar-refractivity contribution is 6.91. The van der Waals surface area contributed by atoms with Gasteiger partial charge < -0.3 is 30.5 Å². The van der Waals surface area contributed by atoms with Gasteiger partial charge in [0.1, 0.15) is 5.75 Å². The molecule has 0 aromatic heterocycles. The van der Waals surface area contributed by atoms with Gasteiger partial charge in [0.05, 0.1) is 46.5 Å². The lowest BCUT2D eigenvalue weighted by atomic mass is 9.95. The van der Waals surface area contributed by atoms with Crippen LogP contribution in [-0.4, -0.2) is 68.4 Å². The van der Waals surface area contributed by atoms with Crippen molar-refractivity contribution >= 4 is 36.4 Å². The maximum absolute atomic E-state index is 13.6. The molecule has 0 bridgehead atoms. The smallest absolute Gasteiger partial charge is 0.255 e.